The van der Waals surface area contributed by atoms with E-state index >= 15 is 0 Å². The van der Waals surface area contributed by atoms with Crippen LogP contribution in [0.1, 0.15) is 37.1 Å². The molecular weight excluding hydrogens is 314 g/mol. The molecule has 0 saturated heterocycles. The molecule has 0 saturated carbocycles. The fourth-order valence-corrected chi connectivity index (χ4v) is 2.49. The van der Waals surface area contributed by atoms with Gasteiger partial charge in [-0.3, -0.25) is 0 Å². The molecule has 0 amide bonds. The summed E-state index contributed by atoms with van der Waals surface area (Å²) in [5.74, 6) is 0.896. The zero-order valence-corrected chi connectivity index (χ0v) is 13.6. The van der Waals surface area contributed by atoms with E-state index in [1.54, 1.807) is 7.11 Å². The van der Waals surface area contributed by atoms with Gasteiger partial charge in [-0.1, -0.05) is 40.2 Å². The SMILES string of the molecule is COc1cccc(C(C)N[C@@H](C)c2ccc(Br)cc2)c1. The first-order valence-corrected chi connectivity index (χ1v) is 7.55. The van der Waals surface area contributed by atoms with Gasteiger partial charge in [0.05, 0.1) is 7.11 Å². The molecule has 0 heterocycles. The quantitative estimate of drug-likeness (QED) is 0.842. The number of nitrogens with one attached hydrogen (secondary N) is 1. The summed E-state index contributed by atoms with van der Waals surface area (Å²) in [6, 6.07) is 17.2. The topological polar surface area (TPSA) is 21.3 Å². The molecule has 0 aliphatic carbocycles. The van der Waals surface area contributed by atoms with Crippen LogP contribution in [0.3, 0.4) is 0 Å². The second-order valence-electron chi connectivity index (χ2n) is 4.94. The molecule has 1 N–H and O–H groups in total. The van der Waals surface area contributed by atoms with E-state index in [2.05, 4.69) is 71.5 Å². The second-order valence-corrected chi connectivity index (χ2v) is 5.85. The number of ether oxygens (including phenoxy) is 1. The van der Waals surface area contributed by atoms with E-state index in [4.69, 9.17) is 4.74 Å². The fourth-order valence-electron chi connectivity index (χ4n) is 2.23. The zero-order chi connectivity index (χ0) is 14.5. The van der Waals surface area contributed by atoms with Gasteiger partial charge in [-0.2, -0.15) is 0 Å². The maximum atomic E-state index is 5.27. The Morgan fingerprint density at radius 3 is 2.25 bits per heavy atom. The minimum absolute atomic E-state index is 0.267. The van der Waals surface area contributed by atoms with Gasteiger partial charge in [0.2, 0.25) is 0 Å². The summed E-state index contributed by atoms with van der Waals surface area (Å²) in [6.45, 7) is 4.35. The monoisotopic (exact) mass is 333 g/mol. The molecule has 2 aromatic carbocycles. The molecule has 2 aromatic rings. The maximum absolute atomic E-state index is 5.27. The standard InChI is InChI=1S/C17H20BrNO/c1-12(14-7-9-16(18)10-8-14)19-13(2)15-5-4-6-17(11-15)20-3/h4-13,19H,1-3H3/t12-,13?/m0/s1. The number of hydrogen-bond acceptors (Lipinski definition) is 2. The summed E-state index contributed by atoms with van der Waals surface area (Å²) >= 11 is 3.46. The molecule has 0 aliphatic rings. The highest BCUT2D eigenvalue weighted by Crippen LogP contribution is 2.23. The number of rotatable bonds is 5. The minimum Gasteiger partial charge on any atom is -0.497 e. The summed E-state index contributed by atoms with van der Waals surface area (Å²) < 4.78 is 6.38. The lowest BCUT2D eigenvalue weighted by atomic mass is 10.0. The Balaban J connectivity index is 2.06. The van der Waals surface area contributed by atoms with Crippen LogP contribution in [-0.4, -0.2) is 7.11 Å². The Bertz CT molecular complexity index is 553. The average Bonchev–Trinajstić information content (AvgIpc) is 2.47. The van der Waals surface area contributed by atoms with Crippen molar-refractivity contribution in [2.75, 3.05) is 7.11 Å². The molecule has 0 fully saturated rings. The van der Waals surface area contributed by atoms with Crippen LogP contribution in [0.25, 0.3) is 0 Å². The van der Waals surface area contributed by atoms with Crippen LogP contribution in [0.15, 0.2) is 53.0 Å². The van der Waals surface area contributed by atoms with Crippen molar-refractivity contribution in [1.82, 2.24) is 5.32 Å². The molecule has 3 heteroatoms. The van der Waals surface area contributed by atoms with Gasteiger partial charge in [0.15, 0.2) is 0 Å². The largest absolute Gasteiger partial charge is 0.497 e. The molecule has 0 spiro atoms. The Kier molecular flexibility index (Phi) is 5.21. The van der Waals surface area contributed by atoms with Crippen LogP contribution in [0.4, 0.5) is 0 Å². The van der Waals surface area contributed by atoms with E-state index in [0.717, 1.165) is 10.2 Å². The summed E-state index contributed by atoms with van der Waals surface area (Å²) in [5, 5.41) is 3.61. The first kappa shape index (κ1) is 15.1. The fraction of sp³-hybridized carbons (Fsp3) is 0.294. The van der Waals surface area contributed by atoms with Crippen molar-refractivity contribution in [3.05, 3.63) is 64.1 Å². The third-order valence-electron chi connectivity index (χ3n) is 3.46. The highest BCUT2D eigenvalue weighted by molar-refractivity contribution is 9.10. The van der Waals surface area contributed by atoms with E-state index in [1.807, 2.05) is 12.1 Å². The van der Waals surface area contributed by atoms with Crippen LogP contribution in [-0.2, 0) is 0 Å². The van der Waals surface area contributed by atoms with Crippen molar-refractivity contribution in [3.63, 3.8) is 0 Å². The second kappa shape index (κ2) is 6.91. The van der Waals surface area contributed by atoms with Crippen LogP contribution in [0.2, 0.25) is 0 Å². The lowest BCUT2D eigenvalue weighted by Crippen LogP contribution is -2.22. The van der Waals surface area contributed by atoms with E-state index in [0.29, 0.717) is 6.04 Å². The molecule has 106 valence electrons. The molecule has 0 aromatic heterocycles. The van der Waals surface area contributed by atoms with Gasteiger partial charge in [-0.05, 0) is 49.2 Å². The van der Waals surface area contributed by atoms with Crippen molar-refractivity contribution in [3.8, 4) is 5.75 Å². The molecule has 0 aliphatic heterocycles. The van der Waals surface area contributed by atoms with Gasteiger partial charge >= 0.3 is 0 Å². The Hall–Kier alpha value is -1.32. The Labute approximate surface area is 129 Å². The normalized spacial score (nSPS) is 13.8. The summed E-state index contributed by atoms with van der Waals surface area (Å²) in [7, 11) is 1.70. The first-order valence-electron chi connectivity index (χ1n) is 6.75. The molecule has 2 nitrogen and oxygen atoms in total. The molecule has 20 heavy (non-hydrogen) atoms. The van der Waals surface area contributed by atoms with Crippen LogP contribution >= 0.6 is 15.9 Å². The van der Waals surface area contributed by atoms with Crippen molar-refractivity contribution in [2.24, 2.45) is 0 Å². The van der Waals surface area contributed by atoms with Gasteiger partial charge in [0.25, 0.3) is 0 Å². The van der Waals surface area contributed by atoms with Crippen molar-refractivity contribution in [2.45, 2.75) is 25.9 Å². The van der Waals surface area contributed by atoms with Crippen LogP contribution in [0.5, 0.6) is 5.75 Å². The third-order valence-corrected chi connectivity index (χ3v) is 3.99. The maximum Gasteiger partial charge on any atom is 0.119 e. The average molecular weight is 334 g/mol. The minimum atomic E-state index is 0.267. The van der Waals surface area contributed by atoms with Gasteiger partial charge in [-0.25, -0.2) is 0 Å². The highest BCUT2D eigenvalue weighted by atomic mass is 79.9. The van der Waals surface area contributed by atoms with E-state index in [9.17, 15) is 0 Å². The van der Waals surface area contributed by atoms with Gasteiger partial charge in [0, 0.05) is 16.6 Å². The lowest BCUT2D eigenvalue weighted by Gasteiger charge is -2.21. The molecule has 0 radical (unpaired) electrons. The highest BCUT2D eigenvalue weighted by Gasteiger charge is 2.11. The molecule has 0 bridgehead atoms. The summed E-state index contributed by atoms with van der Waals surface area (Å²) in [4.78, 5) is 0. The van der Waals surface area contributed by atoms with Crippen LogP contribution < -0.4 is 10.1 Å². The Morgan fingerprint density at radius 2 is 1.60 bits per heavy atom. The predicted octanol–water partition coefficient (Wildman–Crippen LogP) is 4.87. The van der Waals surface area contributed by atoms with E-state index in [-0.39, 0.29) is 6.04 Å². The molecule has 2 rings (SSSR count). The van der Waals surface area contributed by atoms with Crippen molar-refractivity contribution < 1.29 is 4.74 Å². The summed E-state index contributed by atoms with van der Waals surface area (Å²) in [6.07, 6.45) is 0. The number of hydrogen-bond donors (Lipinski definition) is 1. The molecule has 1 unspecified atom stereocenters. The molecular formula is C17H20BrNO. The number of halogens is 1. The molecule has 2 atom stereocenters. The van der Waals surface area contributed by atoms with Gasteiger partial charge in [0.1, 0.15) is 5.75 Å². The van der Waals surface area contributed by atoms with Gasteiger partial charge in [-0.15, -0.1) is 0 Å². The van der Waals surface area contributed by atoms with Gasteiger partial charge < -0.3 is 10.1 Å². The number of benzene rings is 2. The van der Waals surface area contributed by atoms with Crippen molar-refractivity contribution in [1.29, 1.82) is 0 Å². The zero-order valence-electron chi connectivity index (χ0n) is 12.1. The third kappa shape index (κ3) is 3.84. The predicted molar refractivity (Wildman–Crippen MR) is 87.1 cm³/mol. The van der Waals surface area contributed by atoms with E-state index < -0.39 is 0 Å². The van der Waals surface area contributed by atoms with Crippen LogP contribution in [0, 0.1) is 0 Å². The lowest BCUT2D eigenvalue weighted by molar-refractivity contribution is 0.412. The Morgan fingerprint density at radius 1 is 0.950 bits per heavy atom. The smallest absolute Gasteiger partial charge is 0.119 e. The van der Waals surface area contributed by atoms with E-state index in [1.165, 1.54) is 11.1 Å². The van der Waals surface area contributed by atoms with Crippen molar-refractivity contribution >= 4 is 15.9 Å². The first-order chi connectivity index (χ1) is 9.60. The number of methoxy groups -OCH3 is 1. The summed E-state index contributed by atoms with van der Waals surface area (Å²) in [5.41, 5.74) is 2.51.